The number of nitrogens with two attached hydrogens (primary N) is 1. The van der Waals surface area contributed by atoms with Gasteiger partial charge in [-0.3, -0.25) is 9.59 Å². The molecule has 2 aromatic carbocycles. The number of sulfonamides is 1. The Morgan fingerprint density at radius 1 is 1.12 bits per heavy atom. The lowest BCUT2D eigenvalue weighted by atomic mass is 10.1. The second kappa shape index (κ2) is 11.4. The van der Waals surface area contributed by atoms with E-state index in [1.807, 2.05) is 0 Å². The van der Waals surface area contributed by atoms with E-state index in [1.165, 1.54) is 23.1 Å². The lowest BCUT2D eigenvalue weighted by molar-refractivity contribution is -0.146. The molecule has 0 radical (unpaired) electrons. The van der Waals surface area contributed by atoms with E-state index in [2.05, 4.69) is 5.32 Å². The van der Waals surface area contributed by atoms with Gasteiger partial charge in [0.2, 0.25) is 15.9 Å². The maximum Gasteiger partial charge on any atom is 0.259 e. The van der Waals surface area contributed by atoms with Crippen molar-refractivity contribution in [2.75, 3.05) is 33.3 Å². The Balaban J connectivity index is 1.94. The summed E-state index contributed by atoms with van der Waals surface area (Å²) in [6.45, 7) is 0.576. The van der Waals surface area contributed by atoms with Crippen LogP contribution in [0.1, 0.15) is 12.0 Å². The highest BCUT2D eigenvalue weighted by atomic mass is 35.5. The summed E-state index contributed by atoms with van der Waals surface area (Å²) in [4.78, 5) is 27.5. The van der Waals surface area contributed by atoms with Crippen molar-refractivity contribution >= 4 is 45.0 Å². The van der Waals surface area contributed by atoms with E-state index < -0.39 is 22.1 Å². The number of amides is 2. The maximum atomic E-state index is 13.5. The van der Waals surface area contributed by atoms with Crippen LogP contribution in [0, 0.1) is 0 Å². The van der Waals surface area contributed by atoms with Crippen LogP contribution in [-0.2, 0) is 26.0 Å². The number of ether oxygens (including phenoxy) is 1. The third-order valence-corrected chi connectivity index (χ3v) is 7.94. The number of hydrogen-bond acceptors (Lipinski definition) is 6. The molecule has 0 aromatic heterocycles. The summed E-state index contributed by atoms with van der Waals surface area (Å²) in [5.41, 5.74) is 6.21. The van der Waals surface area contributed by atoms with Crippen molar-refractivity contribution in [2.45, 2.75) is 23.9 Å². The molecule has 0 bridgehead atoms. The fourth-order valence-corrected chi connectivity index (χ4v) is 5.64. The van der Waals surface area contributed by atoms with Crippen LogP contribution < -0.4 is 15.8 Å². The molecule has 1 aliphatic rings. The number of benzene rings is 2. The number of carbonyl (C=O) groups is 2. The highest BCUT2D eigenvalue weighted by Gasteiger charge is 2.44. The molecule has 0 spiro atoms. The molecule has 3 N–H and O–H groups in total. The van der Waals surface area contributed by atoms with Gasteiger partial charge in [0.1, 0.15) is 5.75 Å². The number of hydrogen-bond donors (Lipinski definition) is 2. The molecule has 1 fully saturated rings. The third kappa shape index (κ3) is 5.81. The molecule has 1 saturated heterocycles. The van der Waals surface area contributed by atoms with Gasteiger partial charge in [0, 0.05) is 26.2 Å². The van der Waals surface area contributed by atoms with E-state index in [1.54, 1.807) is 31.4 Å². The zero-order chi connectivity index (χ0) is 24.9. The van der Waals surface area contributed by atoms with Gasteiger partial charge in [0.25, 0.3) is 5.91 Å². The van der Waals surface area contributed by atoms with E-state index in [4.69, 9.17) is 33.7 Å². The number of nitrogens with zero attached hydrogens (tertiary/aromatic N) is 2. The summed E-state index contributed by atoms with van der Waals surface area (Å²) in [6.07, 6.45) is -1.02. The summed E-state index contributed by atoms with van der Waals surface area (Å²) < 4.78 is 33.2. The molecule has 9 nitrogen and oxygen atoms in total. The standard InChI is InChI=1S/C22H26Cl2N4O5S/c1-33-16-5-3-15(4-6-16)13-20(29)27-11-2-12-28(22(27)21(30)26-10-9-25)34(31,32)17-7-8-18(23)19(24)14-17/h3-8,14,22H,2,9-13,25H2,1H3,(H,26,30). The number of halogens is 2. The largest absolute Gasteiger partial charge is 0.497 e. The highest BCUT2D eigenvalue weighted by Crippen LogP contribution is 2.29. The molecule has 1 unspecified atom stereocenters. The van der Waals surface area contributed by atoms with Crippen LogP contribution in [0.4, 0.5) is 0 Å². The molecule has 3 rings (SSSR count). The first-order valence-electron chi connectivity index (χ1n) is 10.6. The molecule has 12 heteroatoms. The van der Waals surface area contributed by atoms with Gasteiger partial charge in [-0.25, -0.2) is 8.42 Å². The van der Waals surface area contributed by atoms with Crippen molar-refractivity contribution in [3.8, 4) is 5.75 Å². The fourth-order valence-electron chi connectivity index (χ4n) is 3.66. The fraction of sp³-hybridized carbons (Fsp3) is 0.364. The molecule has 2 amide bonds. The summed E-state index contributed by atoms with van der Waals surface area (Å²) >= 11 is 12.0. The van der Waals surface area contributed by atoms with Crippen molar-refractivity contribution in [3.05, 3.63) is 58.1 Å². The Hall–Kier alpha value is -2.37. The van der Waals surface area contributed by atoms with Gasteiger partial charge < -0.3 is 20.7 Å². The molecule has 0 saturated carbocycles. The van der Waals surface area contributed by atoms with Crippen LogP contribution in [-0.4, -0.2) is 68.9 Å². The number of nitrogens with one attached hydrogen (secondary N) is 1. The smallest absolute Gasteiger partial charge is 0.259 e. The van der Waals surface area contributed by atoms with Crippen LogP contribution in [0.15, 0.2) is 47.4 Å². The molecule has 1 atom stereocenters. The molecular formula is C22H26Cl2N4O5S. The first kappa shape index (κ1) is 26.2. The summed E-state index contributed by atoms with van der Waals surface area (Å²) in [7, 11) is -2.64. The van der Waals surface area contributed by atoms with Crippen molar-refractivity contribution < 1.29 is 22.7 Å². The van der Waals surface area contributed by atoms with Crippen LogP contribution in [0.2, 0.25) is 10.0 Å². The first-order valence-corrected chi connectivity index (χ1v) is 12.8. The average molecular weight is 529 g/mol. The van der Waals surface area contributed by atoms with Gasteiger partial charge in [0.15, 0.2) is 6.17 Å². The van der Waals surface area contributed by atoms with E-state index in [0.29, 0.717) is 17.7 Å². The third-order valence-electron chi connectivity index (χ3n) is 5.36. The van der Waals surface area contributed by atoms with Gasteiger partial charge >= 0.3 is 0 Å². The second-order valence-corrected chi connectivity index (χ2v) is 10.3. The second-order valence-electron chi connectivity index (χ2n) is 7.61. The number of carbonyl (C=O) groups excluding carboxylic acids is 2. The van der Waals surface area contributed by atoms with Gasteiger partial charge in [-0.15, -0.1) is 0 Å². The van der Waals surface area contributed by atoms with Gasteiger partial charge in [-0.1, -0.05) is 35.3 Å². The zero-order valence-corrected chi connectivity index (χ0v) is 20.9. The lowest BCUT2D eigenvalue weighted by Gasteiger charge is -2.41. The topological polar surface area (TPSA) is 122 Å². The summed E-state index contributed by atoms with van der Waals surface area (Å²) in [5, 5.41) is 2.88. The predicted molar refractivity (Wildman–Crippen MR) is 129 cm³/mol. The Morgan fingerprint density at radius 2 is 1.82 bits per heavy atom. The number of methoxy groups -OCH3 is 1. The minimum Gasteiger partial charge on any atom is -0.497 e. The Labute approximate surface area is 208 Å². The minimum atomic E-state index is -4.18. The maximum absolute atomic E-state index is 13.5. The van der Waals surface area contributed by atoms with Crippen molar-refractivity contribution in [2.24, 2.45) is 5.73 Å². The zero-order valence-electron chi connectivity index (χ0n) is 18.5. The molecule has 184 valence electrons. The lowest BCUT2D eigenvalue weighted by Crippen LogP contribution is -2.63. The predicted octanol–water partition coefficient (Wildman–Crippen LogP) is 1.87. The van der Waals surface area contributed by atoms with E-state index in [0.717, 1.165) is 4.31 Å². The molecule has 1 aliphatic heterocycles. The summed E-state index contributed by atoms with van der Waals surface area (Å²) in [6, 6.07) is 10.9. The quantitative estimate of drug-likeness (QED) is 0.539. The highest BCUT2D eigenvalue weighted by molar-refractivity contribution is 7.89. The number of rotatable bonds is 8. The monoisotopic (exact) mass is 528 g/mol. The van der Waals surface area contributed by atoms with Gasteiger partial charge in [-0.2, -0.15) is 4.31 Å². The van der Waals surface area contributed by atoms with Crippen LogP contribution in [0.5, 0.6) is 5.75 Å². The normalized spacial score (nSPS) is 16.8. The summed E-state index contributed by atoms with van der Waals surface area (Å²) in [5.74, 6) is -0.365. The first-order chi connectivity index (χ1) is 16.2. The van der Waals surface area contributed by atoms with E-state index in [9.17, 15) is 18.0 Å². The molecule has 0 aliphatic carbocycles. The van der Waals surface area contributed by atoms with Crippen LogP contribution in [0.3, 0.4) is 0 Å². The van der Waals surface area contributed by atoms with Crippen molar-refractivity contribution in [1.29, 1.82) is 0 Å². The molecule has 2 aromatic rings. The minimum absolute atomic E-state index is 0.00861. The van der Waals surface area contributed by atoms with Gasteiger partial charge in [-0.05, 0) is 42.3 Å². The van der Waals surface area contributed by atoms with Crippen LogP contribution in [0.25, 0.3) is 0 Å². The molecule has 1 heterocycles. The Kier molecular flexibility index (Phi) is 8.78. The van der Waals surface area contributed by atoms with E-state index in [-0.39, 0.29) is 53.4 Å². The molecule has 34 heavy (non-hydrogen) atoms. The van der Waals surface area contributed by atoms with E-state index >= 15 is 0 Å². The SMILES string of the molecule is COc1ccc(CC(=O)N2CCCN(S(=O)(=O)c3ccc(Cl)c(Cl)c3)C2C(=O)NCCN)cc1. The van der Waals surface area contributed by atoms with Gasteiger partial charge in [0.05, 0.1) is 28.5 Å². The van der Waals surface area contributed by atoms with Crippen LogP contribution >= 0.6 is 23.2 Å². The Bertz CT molecular complexity index is 1140. The average Bonchev–Trinajstić information content (AvgIpc) is 2.84. The Morgan fingerprint density at radius 3 is 2.44 bits per heavy atom. The molecular weight excluding hydrogens is 503 g/mol. The van der Waals surface area contributed by atoms with Crippen molar-refractivity contribution in [1.82, 2.24) is 14.5 Å². The van der Waals surface area contributed by atoms with Crippen molar-refractivity contribution in [3.63, 3.8) is 0 Å².